The van der Waals surface area contributed by atoms with Gasteiger partial charge in [0.25, 0.3) is 0 Å². The Labute approximate surface area is 252 Å². The van der Waals surface area contributed by atoms with E-state index >= 15 is 0 Å². The fraction of sp³-hybridized carbons (Fsp3) is 0.412. The Morgan fingerprint density at radius 1 is 0.512 bits per heavy atom. The van der Waals surface area contributed by atoms with Crippen molar-refractivity contribution in [3.8, 4) is 11.5 Å². The van der Waals surface area contributed by atoms with Gasteiger partial charge in [0.15, 0.2) is 0 Å². The molecule has 0 spiro atoms. The van der Waals surface area contributed by atoms with Crippen molar-refractivity contribution in [2.45, 2.75) is 83.8 Å². The molecule has 0 N–H and O–H groups in total. The van der Waals surface area contributed by atoms with Gasteiger partial charge in [0.2, 0.25) is 0 Å². The van der Waals surface area contributed by atoms with Crippen LogP contribution in [0.4, 0.5) is 26.3 Å². The quantitative estimate of drug-likeness (QED) is 0.300. The molecular formula is C34H32F6O2Zr. The molecule has 1 heterocycles. The molecule has 1 aliphatic heterocycles. The van der Waals surface area contributed by atoms with Crippen LogP contribution in [0.15, 0.2) is 94.1 Å². The molecule has 2 atom stereocenters. The Morgan fingerprint density at radius 3 is 1.26 bits per heavy atom. The van der Waals surface area contributed by atoms with E-state index in [1.54, 1.807) is 0 Å². The van der Waals surface area contributed by atoms with Crippen molar-refractivity contribution in [3.63, 3.8) is 0 Å². The van der Waals surface area contributed by atoms with Crippen LogP contribution in [-0.4, -0.2) is 0 Å². The van der Waals surface area contributed by atoms with Gasteiger partial charge in [-0.1, -0.05) is 0 Å². The summed E-state index contributed by atoms with van der Waals surface area (Å²) in [5, 5.41) is 0. The van der Waals surface area contributed by atoms with Gasteiger partial charge in [-0.05, 0) is 0 Å². The first-order valence-corrected chi connectivity index (χ1v) is 19.9. The summed E-state index contributed by atoms with van der Waals surface area (Å²) in [6.07, 6.45) is 5.41. The molecule has 2 unspecified atom stereocenters. The molecule has 4 aliphatic carbocycles. The summed E-state index contributed by atoms with van der Waals surface area (Å²) in [5.41, 5.74) is 6.29. The van der Waals surface area contributed by atoms with Crippen LogP contribution < -0.4 is 5.63 Å². The SMILES string of the molecule is FC(F)(F)c1ccc([O][Zr]2([O]c3ccc(C(F)(F)F)cc3)[CH]3C(=CC4=C3CCCC4)CCC3=CC4=C(CCCC4)[CH]32)cc1. The van der Waals surface area contributed by atoms with Crippen LogP contribution in [0.2, 0.25) is 7.25 Å². The van der Waals surface area contributed by atoms with Crippen LogP contribution >= 0.6 is 0 Å². The van der Waals surface area contributed by atoms with Crippen molar-refractivity contribution >= 4 is 0 Å². The van der Waals surface area contributed by atoms with Gasteiger partial charge in [0, 0.05) is 0 Å². The number of halogens is 6. The Kier molecular flexibility index (Phi) is 7.34. The van der Waals surface area contributed by atoms with E-state index < -0.39 is 44.6 Å². The standard InChI is InChI=1S/C20H24.2C7H5F3O.Zr/c1-2-6-18-12-15(11-17(18)5-1)9-10-16-13-19-7-3-4-8-20(19)14-16;2*8-7(9,10)5-1-3-6(11)4-2-5;/h11-14H,1-10H2;2*1-4,11H;/q;;;+2/p-2. The molecule has 43 heavy (non-hydrogen) atoms. The molecule has 5 aliphatic rings. The first kappa shape index (κ1) is 29.2. The Balaban J connectivity index is 1.42. The first-order valence-electron chi connectivity index (χ1n) is 15.1. The van der Waals surface area contributed by atoms with E-state index in [2.05, 4.69) is 12.2 Å². The summed E-state index contributed by atoms with van der Waals surface area (Å²) in [6, 6.07) is 9.68. The molecule has 1 saturated heterocycles. The molecule has 2 nitrogen and oxygen atoms in total. The molecule has 2 aromatic rings. The second-order valence-electron chi connectivity index (χ2n) is 12.3. The monoisotopic (exact) mass is 676 g/mol. The first-order chi connectivity index (χ1) is 20.5. The minimum absolute atomic E-state index is 0.0983. The summed E-state index contributed by atoms with van der Waals surface area (Å²) in [7, 11) is 0. The predicted molar refractivity (Wildman–Crippen MR) is 148 cm³/mol. The van der Waals surface area contributed by atoms with Crippen molar-refractivity contribution in [1.82, 2.24) is 0 Å². The van der Waals surface area contributed by atoms with E-state index in [1.807, 2.05) is 0 Å². The topological polar surface area (TPSA) is 18.5 Å². The Bertz CT molecular complexity index is 1430. The molecule has 2 aromatic carbocycles. The molecule has 0 aromatic heterocycles. The third-order valence-electron chi connectivity index (χ3n) is 9.69. The molecule has 1 fully saturated rings. The molecule has 9 heteroatoms. The maximum absolute atomic E-state index is 13.5. The van der Waals surface area contributed by atoms with Crippen molar-refractivity contribution in [2.75, 3.05) is 0 Å². The van der Waals surface area contributed by atoms with E-state index in [9.17, 15) is 26.3 Å². The third-order valence-corrected chi connectivity index (χ3v) is 19.9. The number of hydrogen-bond donors (Lipinski definition) is 0. The van der Waals surface area contributed by atoms with E-state index in [4.69, 9.17) is 5.63 Å². The average molecular weight is 678 g/mol. The van der Waals surface area contributed by atoms with Crippen molar-refractivity contribution in [1.29, 1.82) is 0 Å². The number of alkyl halides is 6. The minimum atomic E-state index is -4.77. The number of fused-ring (bicyclic) bond motifs is 4. The molecule has 0 saturated carbocycles. The van der Waals surface area contributed by atoms with Gasteiger partial charge in [-0.3, -0.25) is 0 Å². The van der Waals surface area contributed by atoms with E-state index in [1.165, 1.54) is 57.7 Å². The van der Waals surface area contributed by atoms with Gasteiger partial charge in [-0.15, -0.1) is 0 Å². The second-order valence-corrected chi connectivity index (χ2v) is 19.7. The third kappa shape index (κ3) is 5.28. The van der Waals surface area contributed by atoms with Crippen LogP contribution in [0.5, 0.6) is 11.5 Å². The van der Waals surface area contributed by atoms with Crippen LogP contribution in [-0.2, 0) is 33.5 Å². The average Bonchev–Trinajstić information content (AvgIpc) is 3.51. The summed E-state index contributed by atoms with van der Waals surface area (Å²) in [4.78, 5) is 0. The van der Waals surface area contributed by atoms with E-state index in [0.29, 0.717) is 11.5 Å². The second kappa shape index (κ2) is 10.8. The van der Waals surface area contributed by atoms with E-state index in [0.717, 1.165) is 88.5 Å². The number of benzene rings is 2. The number of hydrogen-bond acceptors (Lipinski definition) is 2. The molecule has 0 bridgehead atoms. The van der Waals surface area contributed by atoms with Crippen molar-refractivity contribution in [2.24, 2.45) is 0 Å². The van der Waals surface area contributed by atoms with Crippen LogP contribution in [0, 0.1) is 0 Å². The Hall–Kier alpha value is -2.54. The predicted octanol–water partition coefficient (Wildman–Crippen LogP) is 11.2. The van der Waals surface area contributed by atoms with Gasteiger partial charge in [-0.25, -0.2) is 0 Å². The van der Waals surface area contributed by atoms with Crippen molar-refractivity contribution in [3.05, 3.63) is 105 Å². The van der Waals surface area contributed by atoms with Gasteiger partial charge < -0.3 is 0 Å². The molecular weight excluding hydrogens is 646 g/mol. The number of allylic oxidation sites excluding steroid dienone is 8. The van der Waals surface area contributed by atoms with Crippen LogP contribution in [0.25, 0.3) is 0 Å². The van der Waals surface area contributed by atoms with Gasteiger partial charge in [-0.2, -0.15) is 0 Å². The zero-order valence-corrected chi connectivity index (χ0v) is 26.0. The summed E-state index contributed by atoms with van der Waals surface area (Å²) < 4.78 is 95.0. The maximum atomic E-state index is 13.5. The summed E-state index contributed by atoms with van der Waals surface area (Å²) >= 11 is -4.77. The molecule has 0 radical (unpaired) electrons. The molecule has 0 amide bonds. The van der Waals surface area contributed by atoms with Gasteiger partial charge >= 0.3 is 254 Å². The normalized spacial score (nSPS) is 24.8. The zero-order chi connectivity index (χ0) is 30.0. The van der Waals surface area contributed by atoms with Gasteiger partial charge in [0.1, 0.15) is 0 Å². The fourth-order valence-corrected chi connectivity index (χ4v) is 20.1. The fourth-order valence-electron chi connectivity index (χ4n) is 7.89. The van der Waals surface area contributed by atoms with Gasteiger partial charge in [0.05, 0.1) is 0 Å². The van der Waals surface area contributed by atoms with E-state index in [-0.39, 0.29) is 7.25 Å². The van der Waals surface area contributed by atoms with Crippen molar-refractivity contribution < 1.29 is 53.1 Å². The number of rotatable bonds is 4. The Morgan fingerprint density at radius 2 is 0.884 bits per heavy atom. The zero-order valence-electron chi connectivity index (χ0n) is 23.6. The van der Waals surface area contributed by atoms with Crippen LogP contribution in [0.1, 0.15) is 75.3 Å². The summed E-state index contributed by atoms with van der Waals surface area (Å²) in [6.45, 7) is 0. The molecule has 226 valence electrons. The molecule has 7 rings (SSSR count). The summed E-state index contributed by atoms with van der Waals surface area (Å²) in [5.74, 6) is 0.650. The van der Waals surface area contributed by atoms with Crippen LogP contribution in [0.3, 0.4) is 0 Å².